The van der Waals surface area contributed by atoms with E-state index in [1.165, 1.54) is 11.6 Å². The Kier molecular flexibility index (Phi) is 6.44. The molecule has 0 aliphatic carbocycles. The molecule has 7 nitrogen and oxygen atoms in total. The number of hydrogen-bond acceptors (Lipinski definition) is 5. The average Bonchev–Trinajstić information content (AvgIpc) is 3.36. The highest BCUT2D eigenvalue weighted by Gasteiger charge is 2.26. The van der Waals surface area contributed by atoms with E-state index in [9.17, 15) is 4.39 Å². The van der Waals surface area contributed by atoms with E-state index in [4.69, 9.17) is 9.47 Å². The number of guanidine groups is 1. The highest BCUT2D eigenvalue weighted by Crippen LogP contribution is 2.35. The molecule has 8 heteroatoms. The van der Waals surface area contributed by atoms with E-state index >= 15 is 0 Å². The first kappa shape index (κ1) is 21.2. The van der Waals surface area contributed by atoms with Crippen LogP contribution >= 0.6 is 0 Å². The van der Waals surface area contributed by atoms with Crippen molar-refractivity contribution in [2.75, 3.05) is 31.6 Å². The Morgan fingerprint density at radius 2 is 2.29 bits per heavy atom. The number of benzene rings is 1. The van der Waals surface area contributed by atoms with Crippen molar-refractivity contribution < 1.29 is 13.9 Å². The van der Waals surface area contributed by atoms with Gasteiger partial charge in [-0.1, -0.05) is 0 Å². The van der Waals surface area contributed by atoms with Gasteiger partial charge in [-0.15, -0.1) is 0 Å². The van der Waals surface area contributed by atoms with Gasteiger partial charge < -0.3 is 25.0 Å². The Labute approximate surface area is 182 Å². The van der Waals surface area contributed by atoms with E-state index in [0.717, 1.165) is 36.4 Å². The third kappa shape index (κ3) is 4.84. The molecule has 1 fully saturated rings. The van der Waals surface area contributed by atoms with Crippen LogP contribution in [-0.2, 0) is 13.0 Å². The fourth-order valence-electron chi connectivity index (χ4n) is 4.16. The van der Waals surface area contributed by atoms with Gasteiger partial charge in [-0.05, 0) is 44.5 Å². The molecule has 166 valence electrons. The molecule has 3 heterocycles. The summed E-state index contributed by atoms with van der Waals surface area (Å²) in [5.41, 5.74) is 2.22. The molecule has 0 spiro atoms. The van der Waals surface area contributed by atoms with Crippen molar-refractivity contribution in [1.29, 1.82) is 0 Å². The predicted molar refractivity (Wildman–Crippen MR) is 120 cm³/mol. The molecule has 31 heavy (non-hydrogen) atoms. The van der Waals surface area contributed by atoms with Crippen molar-refractivity contribution in [2.45, 2.75) is 45.4 Å². The van der Waals surface area contributed by atoms with Gasteiger partial charge in [0, 0.05) is 56.5 Å². The fraction of sp³-hybridized carbons (Fsp3) is 0.478. The lowest BCUT2D eigenvalue weighted by Crippen LogP contribution is -2.44. The maximum Gasteiger partial charge on any atom is 0.191 e. The third-order valence-corrected chi connectivity index (χ3v) is 5.62. The molecule has 2 aliphatic rings. The Morgan fingerprint density at radius 3 is 3.06 bits per heavy atom. The maximum atomic E-state index is 14.0. The van der Waals surface area contributed by atoms with E-state index in [0.29, 0.717) is 31.5 Å². The summed E-state index contributed by atoms with van der Waals surface area (Å²) in [5.74, 6) is 2.62. The molecule has 0 saturated carbocycles. The molecule has 2 atom stereocenters. The number of nitrogens with one attached hydrogen (secondary N) is 2. The van der Waals surface area contributed by atoms with Crippen LogP contribution in [0.5, 0.6) is 11.5 Å². The number of hydrogen-bond donors (Lipinski definition) is 2. The molecule has 1 saturated heterocycles. The molecule has 1 aromatic heterocycles. The van der Waals surface area contributed by atoms with E-state index in [1.807, 2.05) is 11.8 Å². The van der Waals surface area contributed by atoms with E-state index < -0.39 is 0 Å². The van der Waals surface area contributed by atoms with Gasteiger partial charge >= 0.3 is 0 Å². The van der Waals surface area contributed by atoms with Crippen molar-refractivity contribution in [3.8, 4) is 11.5 Å². The molecule has 0 amide bonds. The van der Waals surface area contributed by atoms with Crippen molar-refractivity contribution in [1.82, 2.24) is 15.6 Å². The summed E-state index contributed by atoms with van der Waals surface area (Å²) >= 11 is 0. The Hall–Kier alpha value is -3.03. The van der Waals surface area contributed by atoms with E-state index in [-0.39, 0.29) is 18.0 Å². The molecular formula is C23H30FN5O2. The highest BCUT2D eigenvalue weighted by atomic mass is 19.1. The smallest absolute Gasteiger partial charge is 0.191 e. The number of anilines is 1. The normalized spacial score (nSPS) is 20.4. The average molecular weight is 428 g/mol. The van der Waals surface area contributed by atoms with Gasteiger partial charge in [0.1, 0.15) is 17.6 Å². The Morgan fingerprint density at radius 1 is 1.42 bits per heavy atom. The molecule has 4 rings (SSSR count). The van der Waals surface area contributed by atoms with Crippen LogP contribution in [0.1, 0.15) is 31.4 Å². The quantitative estimate of drug-likeness (QED) is 0.546. The fourth-order valence-corrected chi connectivity index (χ4v) is 4.16. The largest absolute Gasteiger partial charge is 0.494 e. The summed E-state index contributed by atoms with van der Waals surface area (Å²) in [6.45, 7) is 6.65. The van der Waals surface area contributed by atoms with Gasteiger partial charge in [-0.2, -0.15) is 0 Å². The van der Waals surface area contributed by atoms with Gasteiger partial charge in [-0.3, -0.25) is 4.99 Å². The molecular weight excluding hydrogens is 397 g/mol. The molecule has 0 bridgehead atoms. The lowest BCUT2D eigenvalue weighted by atomic mass is 10.1. The van der Waals surface area contributed by atoms with Crippen LogP contribution in [0.15, 0.2) is 35.5 Å². The molecule has 2 N–H and O–H groups in total. The first-order valence-corrected chi connectivity index (χ1v) is 10.8. The number of rotatable bonds is 6. The number of aromatic nitrogens is 1. The maximum absolute atomic E-state index is 14.0. The molecule has 2 aromatic rings. The van der Waals surface area contributed by atoms with Gasteiger partial charge in [0.2, 0.25) is 0 Å². The Balaban J connectivity index is 1.37. The van der Waals surface area contributed by atoms with E-state index in [1.54, 1.807) is 19.3 Å². The highest BCUT2D eigenvalue weighted by molar-refractivity contribution is 5.80. The lowest BCUT2D eigenvalue weighted by molar-refractivity contribution is 0.254. The van der Waals surface area contributed by atoms with Crippen LogP contribution < -0.4 is 25.0 Å². The van der Waals surface area contributed by atoms with Crippen LogP contribution in [0.25, 0.3) is 0 Å². The number of nitrogens with zero attached hydrogens (tertiary/aromatic N) is 3. The molecule has 2 aliphatic heterocycles. The third-order valence-electron chi connectivity index (χ3n) is 5.62. The van der Waals surface area contributed by atoms with Crippen LogP contribution in [-0.4, -0.2) is 49.8 Å². The zero-order valence-corrected chi connectivity index (χ0v) is 18.3. The number of halogens is 1. The van der Waals surface area contributed by atoms with Gasteiger partial charge in [0.25, 0.3) is 0 Å². The molecule has 1 aromatic carbocycles. The second kappa shape index (κ2) is 9.41. The number of pyridine rings is 1. The summed E-state index contributed by atoms with van der Waals surface area (Å²) in [6.07, 6.45) is 3.60. The van der Waals surface area contributed by atoms with Gasteiger partial charge in [-0.25, -0.2) is 9.37 Å². The van der Waals surface area contributed by atoms with Crippen LogP contribution in [0, 0.1) is 5.82 Å². The summed E-state index contributed by atoms with van der Waals surface area (Å²) < 4.78 is 25.8. The monoisotopic (exact) mass is 427 g/mol. The molecule has 0 radical (unpaired) electrons. The van der Waals surface area contributed by atoms with Crippen LogP contribution in [0.4, 0.5) is 10.2 Å². The van der Waals surface area contributed by atoms with Crippen molar-refractivity contribution in [3.05, 3.63) is 47.4 Å². The lowest BCUT2D eigenvalue weighted by Gasteiger charge is -2.20. The number of fused-ring (bicyclic) bond motifs is 1. The topological polar surface area (TPSA) is 71.0 Å². The van der Waals surface area contributed by atoms with Gasteiger partial charge in [0.05, 0.1) is 6.61 Å². The summed E-state index contributed by atoms with van der Waals surface area (Å²) in [4.78, 5) is 10.5. The van der Waals surface area contributed by atoms with Crippen molar-refractivity contribution >= 4 is 11.8 Å². The SMILES string of the molecule is CCOc1cc2c(cc1CNC(=NC)NC1CCN(c3ncccc3F)C1)OC(C)C2. The molecule has 2 unspecified atom stereocenters. The second-order valence-corrected chi connectivity index (χ2v) is 7.94. The number of ether oxygens (including phenoxy) is 2. The Bertz CT molecular complexity index is 952. The minimum absolute atomic E-state index is 0.156. The van der Waals surface area contributed by atoms with Crippen LogP contribution in [0.3, 0.4) is 0 Å². The minimum atomic E-state index is -0.290. The van der Waals surface area contributed by atoms with Crippen molar-refractivity contribution in [3.63, 3.8) is 0 Å². The summed E-state index contributed by atoms with van der Waals surface area (Å²) in [7, 11) is 1.75. The first-order chi connectivity index (χ1) is 15.1. The summed E-state index contributed by atoms with van der Waals surface area (Å²) in [6, 6.07) is 7.36. The summed E-state index contributed by atoms with van der Waals surface area (Å²) in [5, 5.41) is 6.82. The van der Waals surface area contributed by atoms with Crippen LogP contribution in [0.2, 0.25) is 0 Å². The minimum Gasteiger partial charge on any atom is -0.494 e. The van der Waals surface area contributed by atoms with Crippen molar-refractivity contribution in [2.24, 2.45) is 4.99 Å². The predicted octanol–water partition coefficient (Wildman–Crippen LogP) is 2.89. The van der Waals surface area contributed by atoms with E-state index in [2.05, 4.69) is 39.7 Å². The van der Waals surface area contributed by atoms with Gasteiger partial charge in [0.15, 0.2) is 17.6 Å². The second-order valence-electron chi connectivity index (χ2n) is 7.94. The standard InChI is InChI=1S/C23H30FN5O2/c1-4-30-20-11-16-10-15(2)31-21(16)12-17(20)13-27-23(25-3)28-18-7-9-29(14-18)22-19(24)6-5-8-26-22/h5-6,8,11-12,15,18H,4,7,9-10,13-14H2,1-3H3,(H2,25,27,28). The zero-order chi connectivity index (χ0) is 21.8. The number of aliphatic imine (C=N–C) groups is 1. The zero-order valence-electron chi connectivity index (χ0n) is 18.3. The first-order valence-electron chi connectivity index (χ1n) is 10.8.